The Kier molecular flexibility index (Phi) is 6.24. The van der Waals surface area contributed by atoms with Crippen LogP contribution in [0.15, 0.2) is 65.3 Å². The lowest BCUT2D eigenvalue weighted by molar-refractivity contribution is -0.113. The molecule has 0 fully saturated rings. The molecule has 0 aliphatic rings. The van der Waals surface area contributed by atoms with Crippen molar-refractivity contribution in [2.24, 2.45) is 0 Å². The molecule has 0 aliphatic carbocycles. The van der Waals surface area contributed by atoms with Crippen molar-refractivity contribution in [2.45, 2.75) is 11.7 Å². The fourth-order valence-electron chi connectivity index (χ4n) is 2.61. The first-order valence-corrected chi connectivity index (χ1v) is 11.0. The summed E-state index contributed by atoms with van der Waals surface area (Å²) in [5.41, 5.74) is 1.91. The van der Waals surface area contributed by atoms with E-state index in [9.17, 15) is 4.79 Å². The van der Waals surface area contributed by atoms with Crippen molar-refractivity contribution in [1.29, 1.82) is 0 Å². The molecule has 4 aromatic rings. The van der Waals surface area contributed by atoms with E-state index in [1.807, 2.05) is 53.9 Å². The molecule has 29 heavy (non-hydrogen) atoms. The molecular formula is C20H16ClN5OS2. The maximum atomic E-state index is 12.1. The van der Waals surface area contributed by atoms with Crippen molar-refractivity contribution in [2.75, 3.05) is 16.4 Å². The Morgan fingerprint density at radius 1 is 1.10 bits per heavy atom. The van der Waals surface area contributed by atoms with Crippen molar-refractivity contribution < 1.29 is 4.79 Å². The van der Waals surface area contributed by atoms with Crippen LogP contribution in [0.4, 0.5) is 10.9 Å². The second-order valence-electron chi connectivity index (χ2n) is 6.03. The maximum Gasteiger partial charge on any atom is 0.236 e. The van der Waals surface area contributed by atoms with E-state index in [2.05, 4.69) is 25.6 Å². The van der Waals surface area contributed by atoms with Gasteiger partial charge in [-0.05, 0) is 29.8 Å². The number of carbonyl (C=O) groups is 1. The van der Waals surface area contributed by atoms with Gasteiger partial charge in [0.15, 0.2) is 10.3 Å². The van der Waals surface area contributed by atoms with Gasteiger partial charge in [-0.2, -0.15) is 0 Å². The SMILES string of the molecule is O=C(CSc1nc(NCc2ccc(Cl)cc2)c2ccccc2n1)Nc1nccs1. The van der Waals surface area contributed by atoms with E-state index in [1.54, 1.807) is 6.20 Å². The minimum atomic E-state index is -0.141. The number of halogens is 1. The lowest BCUT2D eigenvalue weighted by atomic mass is 10.2. The number of para-hydroxylation sites is 1. The van der Waals surface area contributed by atoms with Crippen LogP contribution < -0.4 is 10.6 Å². The fraction of sp³-hybridized carbons (Fsp3) is 0.100. The largest absolute Gasteiger partial charge is 0.365 e. The zero-order valence-corrected chi connectivity index (χ0v) is 17.5. The molecule has 0 aliphatic heterocycles. The number of thioether (sulfide) groups is 1. The van der Waals surface area contributed by atoms with E-state index in [0.717, 1.165) is 22.3 Å². The van der Waals surface area contributed by atoms with Crippen LogP contribution in [0, 0.1) is 0 Å². The summed E-state index contributed by atoms with van der Waals surface area (Å²) in [7, 11) is 0. The first-order chi connectivity index (χ1) is 14.2. The van der Waals surface area contributed by atoms with Crippen LogP contribution in [0.3, 0.4) is 0 Å². The number of carbonyl (C=O) groups excluding carboxylic acids is 1. The van der Waals surface area contributed by atoms with Gasteiger partial charge in [0.05, 0.1) is 11.3 Å². The maximum absolute atomic E-state index is 12.1. The number of fused-ring (bicyclic) bond motifs is 1. The van der Waals surface area contributed by atoms with Crippen LogP contribution in [0.2, 0.25) is 5.02 Å². The number of rotatable bonds is 7. The molecular weight excluding hydrogens is 426 g/mol. The van der Waals surface area contributed by atoms with Gasteiger partial charge in [-0.15, -0.1) is 11.3 Å². The molecule has 2 aromatic heterocycles. The zero-order chi connectivity index (χ0) is 20.1. The summed E-state index contributed by atoms with van der Waals surface area (Å²) >= 11 is 8.62. The summed E-state index contributed by atoms with van der Waals surface area (Å²) in [6.45, 7) is 0.604. The Morgan fingerprint density at radius 2 is 1.93 bits per heavy atom. The summed E-state index contributed by atoms with van der Waals surface area (Å²) in [6.07, 6.45) is 1.65. The highest BCUT2D eigenvalue weighted by molar-refractivity contribution is 7.99. The van der Waals surface area contributed by atoms with Crippen LogP contribution in [0.5, 0.6) is 0 Å². The normalized spacial score (nSPS) is 10.8. The molecule has 2 N–H and O–H groups in total. The highest BCUT2D eigenvalue weighted by Gasteiger charge is 2.11. The number of aromatic nitrogens is 3. The molecule has 6 nitrogen and oxygen atoms in total. The third-order valence-electron chi connectivity index (χ3n) is 3.97. The standard InChI is InChI=1S/C20H16ClN5OS2/c21-14-7-5-13(6-8-14)11-23-18-15-3-1-2-4-16(15)24-20(26-18)29-12-17(27)25-19-22-9-10-28-19/h1-10H,11-12H2,(H,22,25,27)(H,23,24,26). The first kappa shape index (κ1) is 19.6. The molecule has 2 heterocycles. The van der Waals surface area contributed by atoms with E-state index in [-0.39, 0.29) is 11.7 Å². The van der Waals surface area contributed by atoms with Crippen molar-refractivity contribution >= 4 is 62.5 Å². The summed E-state index contributed by atoms with van der Waals surface area (Å²) in [5.74, 6) is 0.792. The lowest BCUT2D eigenvalue weighted by Crippen LogP contribution is -2.14. The van der Waals surface area contributed by atoms with Crippen LogP contribution in [-0.4, -0.2) is 26.6 Å². The average Bonchev–Trinajstić information content (AvgIpc) is 3.24. The summed E-state index contributed by atoms with van der Waals surface area (Å²) in [6, 6.07) is 15.5. The number of benzene rings is 2. The van der Waals surface area contributed by atoms with Crippen LogP contribution in [0.1, 0.15) is 5.56 Å². The van der Waals surface area contributed by atoms with Crippen molar-refractivity contribution in [3.63, 3.8) is 0 Å². The van der Waals surface area contributed by atoms with Crippen LogP contribution in [0.25, 0.3) is 10.9 Å². The Balaban J connectivity index is 1.49. The van der Waals surface area contributed by atoms with Gasteiger partial charge in [0.1, 0.15) is 5.82 Å². The second kappa shape index (κ2) is 9.21. The van der Waals surface area contributed by atoms with Crippen LogP contribution in [-0.2, 0) is 11.3 Å². The lowest BCUT2D eigenvalue weighted by Gasteiger charge is -2.11. The van der Waals surface area contributed by atoms with Gasteiger partial charge in [0.2, 0.25) is 5.91 Å². The molecule has 0 unspecified atom stereocenters. The Morgan fingerprint density at radius 3 is 2.72 bits per heavy atom. The Hall–Kier alpha value is -2.68. The quantitative estimate of drug-likeness (QED) is 0.307. The third-order valence-corrected chi connectivity index (χ3v) is 5.75. The summed E-state index contributed by atoms with van der Waals surface area (Å²) in [5, 5.41) is 10.7. The highest BCUT2D eigenvalue weighted by atomic mass is 35.5. The molecule has 4 rings (SSSR count). The molecule has 9 heteroatoms. The third kappa shape index (κ3) is 5.23. The minimum Gasteiger partial charge on any atom is -0.365 e. The molecule has 2 aromatic carbocycles. The first-order valence-electron chi connectivity index (χ1n) is 8.74. The molecule has 0 spiro atoms. The van der Waals surface area contributed by atoms with Gasteiger partial charge in [-0.3, -0.25) is 4.79 Å². The number of anilines is 2. The Labute approximate surface area is 180 Å². The second-order valence-corrected chi connectivity index (χ2v) is 8.30. The molecule has 0 atom stereocenters. The topological polar surface area (TPSA) is 79.8 Å². The smallest absolute Gasteiger partial charge is 0.236 e. The molecule has 0 bridgehead atoms. The van der Waals surface area contributed by atoms with Gasteiger partial charge in [-0.1, -0.05) is 47.6 Å². The highest BCUT2D eigenvalue weighted by Crippen LogP contribution is 2.25. The van der Waals surface area contributed by atoms with Gasteiger partial charge in [0.25, 0.3) is 0 Å². The summed E-state index contributed by atoms with van der Waals surface area (Å²) in [4.78, 5) is 25.4. The Bertz CT molecular complexity index is 1120. The van der Waals surface area contributed by atoms with Crippen molar-refractivity contribution in [3.05, 3.63) is 70.7 Å². The number of nitrogens with zero attached hydrogens (tertiary/aromatic N) is 3. The van der Waals surface area contributed by atoms with E-state index in [0.29, 0.717) is 21.9 Å². The predicted octanol–water partition coefficient (Wildman–Crippen LogP) is 5.08. The number of nitrogens with one attached hydrogen (secondary N) is 2. The monoisotopic (exact) mass is 441 g/mol. The number of thiazole rings is 1. The number of hydrogen-bond acceptors (Lipinski definition) is 7. The number of amides is 1. The van der Waals surface area contributed by atoms with Gasteiger partial charge >= 0.3 is 0 Å². The van der Waals surface area contributed by atoms with Crippen molar-refractivity contribution in [3.8, 4) is 0 Å². The summed E-state index contributed by atoms with van der Waals surface area (Å²) < 4.78 is 0. The fourth-order valence-corrected chi connectivity index (χ4v) is 3.94. The molecule has 0 saturated carbocycles. The molecule has 1 amide bonds. The molecule has 0 radical (unpaired) electrons. The van der Waals surface area contributed by atoms with E-state index in [1.165, 1.54) is 23.1 Å². The molecule has 0 saturated heterocycles. The van der Waals surface area contributed by atoms with Gasteiger partial charge in [0, 0.05) is 28.5 Å². The minimum absolute atomic E-state index is 0.141. The van der Waals surface area contributed by atoms with E-state index < -0.39 is 0 Å². The van der Waals surface area contributed by atoms with Crippen LogP contribution >= 0.6 is 34.7 Å². The van der Waals surface area contributed by atoms with Crippen molar-refractivity contribution in [1.82, 2.24) is 15.0 Å². The van der Waals surface area contributed by atoms with E-state index in [4.69, 9.17) is 11.6 Å². The zero-order valence-electron chi connectivity index (χ0n) is 15.1. The van der Waals surface area contributed by atoms with E-state index >= 15 is 0 Å². The predicted molar refractivity (Wildman–Crippen MR) is 120 cm³/mol. The number of hydrogen-bond donors (Lipinski definition) is 2. The average molecular weight is 442 g/mol. The van der Waals surface area contributed by atoms with Gasteiger partial charge in [-0.25, -0.2) is 15.0 Å². The van der Waals surface area contributed by atoms with Gasteiger partial charge < -0.3 is 10.6 Å². The molecule has 146 valence electrons.